The lowest BCUT2D eigenvalue weighted by Gasteiger charge is -2.19. The largest absolute Gasteiger partial charge is 0.475 e. The second-order valence-electron chi connectivity index (χ2n) is 2.94. The van der Waals surface area contributed by atoms with Crippen molar-refractivity contribution < 1.29 is 18.1 Å². The van der Waals surface area contributed by atoms with Gasteiger partial charge < -0.3 is 0 Å². The van der Waals surface area contributed by atoms with Gasteiger partial charge in [-0.1, -0.05) is 7.43 Å². The minimum atomic E-state index is -3.31. The van der Waals surface area contributed by atoms with Crippen LogP contribution in [0.15, 0.2) is 0 Å². The zero-order valence-electron chi connectivity index (χ0n) is 8.23. The summed E-state index contributed by atoms with van der Waals surface area (Å²) >= 11 is 0. The van der Waals surface area contributed by atoms with Crippen LogP contribution in [0.1, 0.15) is 35.1 Å². The van der Waals surface area contributed by atoms with Crippen molar-refractivity contribution in [2.45, 2.75) is 47.3 Å². The minimum absolute atomic E-state index is 0. The summed E-state index contributed by atoms with van der Waals surface area (Å²) in [6.45, 7) is 7.09. The van der Waals surface area contributed by atoms with Crippen LogP contribution in [-0.2, 0) is 18.1 Å². The highest BCUT2D eigenvalue weighted by Gasteiger charge is 2.27. The van der Waals surface area contributed by atoms with Crippen LogP contribution in [0.3, 0.4) is 0 Å². The van der Waals surface area contributed by atoms with Crippen molar-refractivity contribution in [3.63, 3.8) is 0 Å². The molecular weight excluding hydrogens is 191 g/mol. The SMILES string of the molecule is C.COP(=O)(OC(C)C)OC(C)C. The Morgan fingerprint density at radius 3 is 1.46 bits per heavy atom. The van der Waals surface area contributed by atoms with Crippen molar-refractivity contribution in [1.29, 1.82) is 0 Å². The molecule has 0 bridgehead atoms. The normalized spacial score (nSPS) is 11.9. The fraction of sp³-hybridized carbons (Fsp3) is 1.00. The summed E-state index contributed by atoms with van der Waals surface area (Å²) in [5, 5.41) is 0. The first-order valence-corrected chi connectivity index (χ1v) is 5.38. The molecule has 5 heteroatoms. The Kier molecular flexibility index (Phi) is 7.84. The van der Waals surface area contributed by atoms with E-state index in [1.807, 2.05) is 0 Å². The molecule has 0 amide bonds. The second-order valence-corrected chi connectivity index (χ2v) is 4.62. The van der Waals surface area contributed by atoms with Gasteiger partial charge in [-0.3, -0.25) is 13.6 Å². The Bertz CT molecular complexity index is 154. The fourth-order valence-electron chi connectivity index (χ4n) is 0.627. The third-order valence-corrected chi connectivity index (χ3v) is 2.71. The molecule has 4 nitrogen and oxygen atoms in total. The van der Waals surface area contributed by atoms with Crippen LogP contribution in [0.5, 0.6) is 0 Å². The van der Waals surface area contributed by atoms with E-state index in [-0.39, 0.29) is 19.6 Å². The lowest BCUT2D eigenvalue weighted by atomic mass is 10.5. The summed E-state index contributed by atoms with van der Waals surface area (Å²) in [4.78, 5) is 0. The number of hydrogen-bond acceptors (Lipinski definition) is 4. The Morgan fingerprint density at radius 2 is 1.31 bits per heavy atom. The van der Waals surface area contributed by atoms with E-state index in [2.05, 4.69) is 4.52 Å². The first-order chi connectivity index (χ1) is 5.39. The topological polar surface area (TPSA) is 44.8 Å². The standard InChI is InChI=1S/C7H17O4P.CH4/c1-6(2)10-12(8,9-5)11-7(3)4;/h6-7H,1-5H3;1H4. The number of phosphoric ester groups is 1. The van der Waals surface area contributed by atoms with Gasteiger partial charge in [0.05, 0.1) is 12.2 Å². The molecule has 0 aromatic heterocycles. The van der Waals surface area contributed by atoms with Gasteiger partial charge in [-0.05, 0) is 27.7 Å². The third-order valence-electron chi connectivity index (χ3n) is 0.903. The lowest BCUT2D eigenvalue weighted by molar-refractivity contribution is 0.0851. The van der Waals surface area contributed by atoms with Gasteiger partial charge in [0.1, 0.15) is 0 Å². The highest BCUT2D eigenvalue weighted by Crippen LogP contribution is 2.50. The predicted octanol–water partition coefficient (Wildman–Crippen LogP) is 3.23. The molecule has 0 unspecified atom stereocenters. The molecule has 0 saturated carbocycles. The van der Waals surface area contributed by atoms with Crippen LogP contribution in [0.25, 0.3) is 0 Å². The van der Waals surface area contributed by atoms with E-state index in [1.165, 1.54) is 7.11 Å². The third kappa shape index (κ3) is 7.20. The molecule has 0 aliphatic heterocycles. The number of rotatable bonds is 5. The summed E-state index contributed by atoms with van der Waals surface area (Å²) in [5.74, 6) is 0. The van der Waals surface area contributed by atoms with Gasteiger partial charge in [0.25, 0.3) is 0 Å². The maximum atomic E-state index is 11.5. The molecule has 0 fully saturated rings. The highest BCUT2D eigenvalue weighted by molar-refractivity contribution is 7.48. The van der Waals surface area contributed by atoms with Crippen LogP contribution >= 0.6 is 7.82 Å². The smallest absolute Gasteiger partial charge is 0.290 e. The van der Waals surface area contributed by atoms with E-state index in [9.17, 15) is 4.57 Å². The summed E-state index contributed by atoms with van der Waals surface area (Å²) in [6, 6.07) is 0. The van der Waals surface area contributed by atoms with Gasteiger partial charge in [0.2, 0.25) is 0 Å². The molecule has 0 aliphatic carbocycles. The minimum Gasteiger partial charge on any atom is -0.290 e. The van der Waals surface area contributed by atoms with Crippen molar-refractivity contribution in [3.8, 4) is 0 Å². The summed E-state index contributed by atoms with van der Waals surface area (Å²) in [6.07, 6.45) is -0.343. The molecule has 0 spiro atoms. The van der Waals surface area contributed by atoms with E-state index in [0.717, 1.165) is 0 Å². The molecule has 0 aliphatic rings. The molecule has 0 rings (SSSR count). The monoisotopic (exact) mass is 212 g/mol. The van der Waals surface area contributed by atoms with Gasteiger partial charge in [-0.15, -0.1) is 0 Å². The maximum Gasteiger partial charge on any atom is 0.475 e. The molecule has 0 N–H and O–H groups in total. The zero-order valence-corrected chi connectivity index (χ0v) is 9.13. The Labute approximate surface area is 81.2 Å². The summed E-state index contributed by atoms with van der Waals surface area (Å²) < 4.78 is 26.2. The molecule has 13 heavy (non-hydrogen) atoms. The van der Waals surface area contributed by atoms with Gasteiger partial charge >= 0.3 is 7.82 Å². The van der Waals surface area contributed by atoms with E-state index in [0.29, 0.717) is 0 Å². The molecule has 0 saturated heterocycles. The first kappa shape index (κ1) is 15.6. The van der Waals surface area contributed by atoms with Crippen molar-refractivity contribution in [1.82, 2.24) is 0 Å². The van der Waals surface area contributed by atoms with Crippen molar-refractivity contribution in [3.05, 3.63) is 0 Å². The van der Waals surface area contributed by atoms with Crippen LogP contribution in [-0.4, -0.2) is 19.3 Å². The molecule has 0 aromatic rings. The van der Waals surface area contributed by atoms with E-state index in [4.69, 9.17) is 9.05 Å². The number of phosphoric acid groups is 1. The molecule has 0 heterocycles. The van der Waals surface area contributed by atoms with Crippen molar-refractivity contribution in [2.24, 2.45) is 0 Å². The van der Waals surface area contributed by atoms with Crippen molar-refractivity contribution >= 4 is 7.82 Å². The lowest BCUT2D eigenvalue weighted by Crippen LogP contribution is -2.08. The highest BCUT2D eigenvalue weighted by atomic mass is 31.2. The molecule has 0 aromatic carbocycles. The number of hydrogen-bond donors (Lipinski definition) is 0. The maximum absolute atomic E-state index is 11.5. The van der Waals surface area contributed by atoms with Gasteiger partial charge in [0, 0.05) is 7.11 Å². The average molecular weight is 212 g/mol. The molecular formula is C8H21O4P. The van der Waals surface area contributed by atoms with Crippen molar-refractivity contribution in [2.75, 3.05) is 7.11 Å². The Morgan fingerprint density at radius 1 is 1.00 bits per heavy atom. The summed E-state index contributed by atoms with van der Waals surface area (Å²) in [5.41, 5.74) is 0. The average Bonchev–Trinajstić information content (AvgIpc) is 1.83. The van der Waals surface area contributed by atoms with Gasteiger partial charge in [0.15, 0.2) is 0 Å². The Balaban J connectivity index is 0. The van der Waals surface area contributed by atoms with E-state index < -0.39 is 7.82 Å². The molecule has 82 valence electrons. The quantitative estimate of drug-likeness (QED) is 0.656. The zero-order chi connectivity index (χ0) is 9.78. The summed E-state index contributed by atoms with van der Waals surface area (Å²) in [7, 11) is -2.00. The molecule has 0 radical (unpaired) electrons. The Hall–Kier alpha value is 0.110. The van der Waals surface area contributed by atoms with Crippen LogP contribution in [0.4, 0.5) is 0 Å². The first-order valence-electron chi connectivity index (χ1n) is 3.92. The van der Waals surface area contributed by atoms with Crippen LogP contribution in [0.2, 0.25) is 0 Å². The second kappa shape index (κ2) is 6.55. The van der Waals surface area contributed by atoms with E-state index >= 15 is 0 Å². The van der Waals surface area contributed by atoms with Crippen LogP contribution < -0.4 is 0 Å². The molecule has 0 atom stereocenters. The predicted molar refractivity (Wildman–Crippen MR) is 53.8 cm³/mol. The van der Waals surface area contributed by atoms with E-state index in [1.54, 1.807) is 27.7 Å². The van der Waals surface area contributed by atoms with Gasteiger partial charge in [-0.2, -0.15) is 0 Å². The van der Waals surface area contributed by atoms with Gasteiger partial charge in [-0.25, -0.2) is 4.57 Å². The van der Waals surface area contributed by atoms with Crippen LogP contribution in [0, 0.1) is 0 Å². The fourth-order valence-corrected chi connectivity index (χ4v) is 1.88.